The first kappa shape index (κ1) is 20.3. The zero-order valence-corrected chi connectivity index (χ0v) is 13.6. The van der Waals surface area contributed by atoms with Crippen LogP contribution in [0.4, 0.5) is 0 Å². The van der Waals surface area contributed by atoms with Gasteiger partial charge >= 0.3 is 0 Å². The lowest BCUT2D eigenvalue weighted by Crippen LogP contribution is -2.35. The van der Waals surface area contributed by atoms with E-state index < -0.39 is 0 Å². The molecule has 21 heavy (non-hydrogen) atoms. The Morgan fingerprint density at radius 2 is 1.43 bits per heavy atom. The summed E-state index contributed by atoms with van der Waals surface area (Å²) >= 11 is 0. The summed E-state index contributed by atoms with van der Waals surface area (Å²) in [5.74, 6) is 0.0308. The van der Waals surface area contributed by atoms with Gasteiger partial charge in [-0.25, -0.2) is 0 Å². The van der Waals surface area contributed by atoms with Gasteiger partial charge in [-0.15, -0.1) is 0 Å². The van der Waals surface area contributed by atoms with E-state index in [1.165, 1.54) is 0 Å². The summed E-state index contributed by atoms with van der Waals surface area (Å²) in [5, 5.41) is 5.83. The molecule has 126 valence electrons. The Bertz CT molecular complexity index is 228. The molecule has 0 aliphatic rings. The molecule has 0 bridgehead atoms. The molecule has 0 spiro atoms. The highest BCUT2D eigenvalue weighted by atomic mass is 16.5. The zero-order valence-electron chi connectivity index (χ0n) is 13.6. The molecule has 0 radical (unpaired) electrons. The Morgan fingerprint density at radius 1 is 0.810 bits per heavy atom. The second-order valence-corrected chi connectivity index (χ2v) is 4.72. The van der Waals surface area contributed by atoms with Gasteiger partial charge in [0.05, 0.1) is 39.6 Å². The van der Waals surface area contributed by atoms with Crippen LogP contribution in [0.2, 0.25) is 0 Å². The van der Waals surface area contributed by atoms with Crippen molar-refractivity contribution in [1.29, 1.82) is 0 Å². The molecule has 0 rings (SSSR count). The first-order chi connectivity index (χ1) is 10.3. The van der Waals surface area contributed by atoms with Crippen molar-refractivity contribution < 1.29 is 19.0 Å². The first-order valence-electron chi connectivity index (χ1n) is 8.01. The van der Waals surface area contributed by atoms with Crippen LogP contribution in [0.5, 0.6) is 0 Å². The average molecular weight is 304 g/mol. The lowest BCUT2D eigenvalue weighted by atomic mass is 10.4. The van der Waals surface area contributed by atoms with Gasteiger partial charge in [0, 0.05) is 19.7 Å². The molecule has 6 nitrogen and oxygen atoms in total. The van der Waals surface area contributed by atoms with Gasteiger partial charge in [-0.1, -0.05) is 20.3 Å². The fourth-order valence-electron chi connectivity index (χ4n) is 1.46. The summed E-state index contributed by atoms with van der Waals surface area (Å²) in [5.41, 5.74) is 0. The van der Waals surface area contributed by atoms with E-state index >= 15 is 0 Å². The van der Waals surface area contributed by atoms with Gasteiger partial charge in [-0.2, -0.15) is 0 Å². The van der Waals surface area contributed by atoms with Crippen LogP contribution in [-0.2, 0) is 19.0 Å². The zero-order chi connectivity index (χ0) is 15.6. The number of nitrogens with one attached hydrogen (secondary N) is 2. The van der Waals surface area contributed by atoms with E-state index in [-0.39, 0.29) is 5.91 Å². The van der Waals surface area contributed by atoms with Crippen molar-refractivity contribution in [3.63, 3.8) is 0 Å². The molecule has 0 atom stereocenters. The van der Waals surface area contributed by atoms with Crippen molar-refractivity contribution in [3.8, 4) is 0 Å². The molecule has 0 aromatic carbocycles. The number of amides is 1. The number of unbranched alkanes of at least 4 members (excludes halogenated alkanes) is 1. The third kappa shape index (κ3) is 17.3. The van der Waals surface area contributed by atoms with Crippen LogP contribution in [0, 0.1) is 0 Å². The monoisotopic (exact) mass is 304 g/mol. The molecule has 0 saturated carbocycles. The summed E-state index contributed by atoms with van der Waals surface area (Å²) in [7, 11) is 0. The maximum absolute atomic E-state index is 11.3. The smallest absolute Gasteiger partial charge is 0.233 e. The largest absolute Gasteiger partial charge is 0.379 e. The lowest BCUT2D eigenvalue weighted by Gasteiger charge is -2.08. The second kappa shape index (κ2) is 17.4. The van der Waals surface area contributed by atoms with E-state index in [0.717, 1.165) is 32.4 Å². The van der Waals surface area contributed by atoms with E-state index in [9.17, 15) is 4.79 Å². The lowest BCUT2D eigenvalue weighted by molar-refractivity contribution is -0.120. The highest BCUT2D eigenvalue weighted by Gasteiger charge is 1.98. The summed E-state index contributed by atoms with van der Waals surface area (Å²) in [6, 6.07) is 0. The molecular formula is C15H32N2O4. The predicted molar refractivity (Wildman–Crippen MR) is 83.5 cm³/mol. The van der Waals surface area contributed by atoms with Crippen LogP contribution in [0.3, 0.4) is 0 Å². The summed E-state index contributed by atoms with van der Waals surface area (Å²) in [4.78, 5) is 11.3. The topological polar surface area (TPSA) is 68.8 Å². The van der Waals surface area contributed by atoms with Crippen molar-refractivity contribution in [2.75, 3.05) is 59.3 Å². The van der Waals surface area contributed by atoms with Gasteiger partial charge in [0.1, 0.15) is 0 Å². The molecule has 0 unspecified atom stereocenters. The van der Waals surface area contributed by atoms with Crippen LogP contribution in [0.15, 0.2) is 0 Å². The molecule has 0 heterocycles. The molecule has 0 fully saturated rings. The van der Waals surface area contributed by atoms with Crippen molar-refractivity contribution >= 4 is 5.91 Å². The van der Waals surface area contributed by atoms with Gasteiger partial charge in [0.2, 0.25) is 5.91 Å². The van der Waals surface area contributed by atoms with Gasteiger partial charge in [0.25, 0.3) is 0 Å². The van der Waals surface area contributed by atoms with E-state index in [1.54, 1.807) is 0 Å². The highest BCUT2D eigenvalue weighted by molar-refractivity contribution is 5.77. The number of carbonyl (C=O) groups excluding carboxylic acids is 1. The number of hydrogen-bond acceptors (Lipinski definition) is 5. The quantitative estimate of drug-likeness (QED) is 0.416. The van der Waals surface area contributed by atoms with Crippen LogP contribution in [0.1, 0.15) is 33.1 Å². The fraction of sp³-hybridized carbons (Fsp3) is 0.933. The Morgan fingerprint density at radius 3 is 2.05 bits per heavy atom. The summed E-state index contributed by atoms with van der Waals surface area (Å²) < 4.78 is 16.1. The predicted octanol–water partition coefficient (Wildman–Crippen LogP) is 0.952. The second-order valence-electron chi connectivity index (χ2n) is 4.72. The van der Waals surface area contributed by atoms with Crippen LogP contribution in [-0.4, -0.2) is 65.2 Å². The van der Waals surface area contributed by atoms with Gasteiger partial charge < -0.3 is 24.8 Å². The van der Waals surface area contributed by atoms with E-state index in [1.807, 2.05) is 6.92 Å². The Kier molecular flexibility index (Phi) is 16.8. The minimum absolute atomic E-state index is 0.0308. The molecule has 0 aromatic rings. The van der Waals surface area contributed by atoms with Crippen molar-refractivity contribution in [2.24, 2.45) is 0 Å². The van der Waals surface area contributed by atoms with Gasteiger partial charge in [-0.05, 0) is 12.8 Å². The number of rotatable bonds is 16. The summed E-state index contributed by atoms with van der Waals surface area (Å²) in [6.07, 6.45) is 3.22. The maximum Gasteiger partial charge on any atom is 0.233 e. The molecule has 2 N–H and O–H groups in total. The Balaban J connectivity index is 3.04. The van der Waals surface area contributed by atoms with E-state index in [4.69, 9.17) is 14.2 Å². The molecule has 0 aliphatic carbocycles. The van der Waals surface area contributed by atoms with Crippen LogP contribution in [0.25, 0.3) is 0 Å². The minimum Gasteiger partial charge on any atom is -0.379 e. The standard InChI is InChI=1S/C15H32N2O4/c1-3-5-8-19-10-12-21-13-11-20-9-7-16-14-15(18)17-6-4-2/h16H,3-14H2,1-2H3,(H,17,18). The minimum atomic E-state index is 0.0308. The highest BCUT2D eigenvalue weighted by Crippen LogP contribution is 1.87. The van der Waals surface area contributed by atoms with Gasteiger partial charge in [-0.3, -0.25) is 4.79 Å². The van der Waals surface area contributed by atoms with Crippen molar-refractivity contribution in [3.05, 3.63) is 0 Å². The third-order valence-corrected chi connectivity index (χ3v) is 2.67. The van der Waals surface area contributed by atoms with E-state index in [2.05, 4.69) is 17.6 Å². The maximum atomic E-state index is 11.3. The Labute approximate surface area is 128 Å². The SMILES string of the molecule is CCCCOCCOCCOCCNCC(=O)NCCC. The van der Waals surface area contributed by atoms with Crippen LogP contribution < -0.4 is 10.6 Å². The molecule has 6 heteroatoms. The summed E-state index contributed by atoms with van der Waals surface area (Å²) in [6.45, 7) is 9.71. The normalized spacial score (nSPS) is 10.8. The van der Waals surface area contributed by atoms with Crippen LogP contribution >= 0.6 is 0 Å². The molecule has 0 aromatic heterocycles. The third-order valence-electron chi connectivity index (χ3n) is 2.67. The number of carbonyl (C=O) groups is 1. The first-order valence-corrected chi connectivity index (χ1v) is 8.01. The fourth-order valence-corrected chi connectivity index (χ4v) is 1.46. The number of ether oxygens (including phenoxy) is 3. The van der Waals surface area contributed by atoms with Crippen molar-refractivity contribution in [2.45, 2.75) is 33.1 Å². The molecule has 0 saturated heterocycles. The average Bonchev–Trinajstić information content (AvgIpc) is 2.49. The van der Waals surface area contributed by atoms with E-state index in [0.29, 0.717) is 46.1 Å². The molecular weight excluding hydrogens is 272 g/mol. The molecule has 0 aliphatic heterocycles. The van der Waals surface area contributed by atoms with Gasteiger partial charge in [0.15, 0.2) is 0 Å². The number of hydrogen-bond donors (Lipinski definition) is 2. The molecule has 1 amide bonds. The van der Waals surface area contributed by atoms with Crippen molar-refractivity contribution in [1.82, 2.24) is 10.6 Å². The Hall–Kier alpha value is -0.690.